The molecule has 5 saturated heterocycles. The van der Waals surface area contributed by atoms with Gasteiger partial charge in [-0.3, -0.25) is 39.1 Å². The van der Waals surface area contributed by atoms with Crippen molar-refractivity contribution in [1.29, 1.82) is 0 Å². The largest absolute Gasteiger partial charge is 0.507 e. The topological polar surface area (TPSA) is 198 Å². The van der Waals surface area contributed by atoms with Gasteiger partial charge in [-0.1, -0.05) is 24.3 Å². The zero-order valence-corrected chi connectivity index (χ0v) is 36.3. The first-order chi connectivity index (χ1) is 31.6. The first-order valence-electron chi connectivity index (χ1n) is 22.9. The third kappa shape index (κ3) is 8.28. The molecule has 5 amide bonds. The summed E-state index contributed by atoms with van der Waals surface area (Å²) < 4.78 is 6.31. The Hall–Kier alpha value is -6.75. The molecule has 17 nitrogen and oxygen atoms in total. The van der Waals surface area contributed by atoms with Crippen molar-refractivity contribution in [3.05, 3.63) is 83.9 Å². The van der Waals surface area contributed by atoms with Gasteiger partial charge in [0.1, 0.15) is 24.1 Å². The first-order valence-corrected chi connectivity index (χ1v) is 22.9. The van der Waals surface area contributed by atoms with E-state index in [-0.39, 0.29) is 36.0 Å². The number of ether oxygens (including phenoxy) is 1. The van der Waals surface area contributed by atoms with Crippen LogP contribution >= 0.6 is 0 Å². The third-order valence-electron chi connectivity index (χ3n) is 14.2. The normalized spacial score (nSPS) is 22.7. The van der Waals surface area contributed by atoms with E-state index in [4.69, 9.17) is 10.5 Å². The Morgan fingerprint density at radius 3 is 2.26 bits per heavy atom. The monoisotopic (exact) mass is 882 g/mol. The molecule has 6 aliphatic heterocycles. The molecular weight excluding hydrogens is 829 g/mol. The van der Waals surface area contributed by atoms with E-state index < -0.39 is 29.7 Å². The van der Waals surface area contributed by atoms with Crippen molar-refractivity contribution in [3.8, 4) is 22.8 Å². The maximum Gasteiger partial charge on any atom is 0.264 e. The molecule has 3 unspecified atom stereocenters. The standard InChI is InChI=1S/C48H54N10O7/c49-45-40(27-37(51-52-45)35-7-1-2-10-41(35)59)56-28-32-11-12-33(29-56)57(32)31-5-3-6-34(26-31)65-24-23-53-19-21-55(22-20-53)43(61)25-30-15-17-54(18-16-30)38-9-4-8-36-44(38)48(64)58(47(36)63)39-13-14-42(60)50-46(39)62/h1-10,26-27,30,32-33,39,59H,11-25,28-29H2,(H2,49,52)(H,50,60,62). The number of piperazine rings is 2. The van der Waals surface area contributed by atoms with Crippen LogP contribution in [0.2, 0.25) is 0 Å². The quantitative estimate of drug-likeness (QED) is 0.185. The summed E-state index contributed by atoms with van der Waals surface area (Å²) >= 11 is 0. The minimum atomic E-state index is -1.01. The van der Waals surface area contributed by atoms with Crippen LogP contribution in [0.25, 0.3) is 11.3 Å². The smallest absolute Gasteiger partial charge is 0.264 e. The molecule has 2 bridgehead atoms. The van der Waals surface area contributed by atoms with Gasteiger partial charge in [-0.2, -0.15) is 0 Å². The number of nitrogens with two attached hydrogens (primary N) is 1. The number of aromatic hydroxyl groups is 1. The number of para-hydroxylation sites is 1. The molecule has 10 rings (SSSR count). The molecule has 5 fully saturated rings. The lowest BCUT2D eigenvalue weighted by Crippen LogP contribution is -2.54. The minimum absolute atomic E-state index is 0.0717. The maximum atomic E-state index is 13.6. The van der Waals surface area contributed by atoms with E-state index in [1.165, 1.54) is 0 Å². The number of benzene rings is 3. The highest BCUT2D eigenvalue weighted by molar-refractivity contribution is 6.25. The fourth-order valence-electron chi connectivity index (χ4n) is 10.7. The number of anilines is 4. The van der Waals surface area contributed by atoms with Gasteiger partial charge in [0.05, 0.1) is 28.2 Å². The van der Waals surface area contributed by atoms with Gasteiger partial charge in [-0.05, 0) is 80.5 Å². The van der Waals surface area contributed by atoms with Crippen molar-refractivity contribution in [2.24, 2.45) is 5.92 Å². The summed E-state index contributed by atoms with van der Waals surface area (Å²) in [5, 5.41) is 21.2. The predicted octanol–water partition coefficient (Wildman–Crippen LogP) is 3.52. The van der Waals surface area contributed by atoms with E-state index in [0.29, 0.717) is 79.6 Å². The van der Waals surface area contributed by atoms with E-state index in [9.17, 15) is 29.1 Å². The van der Waals surface area contributed by atoms with Gasteiger partial charge < -0.3 is 35.2 Å². The van der Waals surface area contributed by atoms with E-state index >= 15 is 0 Å². The number of imide groups is 2. The summed E-state index contributed by atoms with van der Waals surface area (Å²) in [5.41, 5.74) is 10.8. The van der Waals surface area contributed by atoms with Gasteiger partial charge in [-0.25, -0.2) is 0 Å². The Labute approximate surface area is 377 Å². The summed E-state index contributed by atoms with van der Waals surface area (Å²) in [5.74, 6) is -0.281. The van der Waals surface area contributed by atoms with Gasteiger partial charge >= 0.3 is 0 Å². The van der Waals surface area contributed by atoms with Crippen LogP contribution in [0.3, 0.4) is 0 Å². The molecule has 3 atom stereocenters. The highest BCUT2D eigenvalue weighted by Gasteiger charge is 2.46. The van der Waals surface area contributed by atoms with Crippen LogP contribution in [0.4, 0.5) is 22.9 Å². The Morgan fingerprint density at radius 1 is 0.769 bits per heavy atom. The number of fused-ring (bicyclic) bond motifs is 3. The molecule has 65 heavy (non-hydrogen) atoms. The van der Waals surface area contributed by atoms with Crippen LogP contribution < -0.4 is 30.5 Å². The van der Waals surface area contributed by atoms with Gasteiger partial charge in [0.15, 0.2) is 5.82 Å². The number of carbonyl (C=O) groups is 5. The predicted molar refractivity (Wildman–Crippen MR) is 243 cm³/mol. The van der Waals surface area contributed by atoms with Crippen molar-refractivity contribution in [3.63, 3.8) is 0 Å². The number of rotatable bonds is 11. The lowest BCUT2D eigenvalue weighted by atomic mass is 9.92. The average molecular weight is 883 g/mol. The van der Waals surface area contributed by atoms with Gasteiger partial charge in [0.25, 0.3) is 11.8 Å². The first kappa shape index (κ1) is 42.2. The second-order valence-corrected chi connectivity index (χ2v) is 18.1. The lowest BCUT2D eigenvalue weighted by molar-refractivity contribution is -0.136. The number of carbonyl (C=O) groups excluding carboxylic acids is 5. The third-order valence-corrected chi connectivity index (χ3v) is 14.2. The molecule has 6 aliphatic rings. The summed E-state index contributed by atoms with van der Waals surface area (Å²) in [6.07, 6.45) is 4.38. The van der Waals surface area contributed by atoms with E-state index in [0.717, 1.165) is 80.4 Å². The average Bonchev–Trinajstić information content (AvgIpc) is 3.73. The molecular formula is C48H54N10O7. The van der Waals surface area contributed by atoms with E-state index in [1.54, 1.807) is 24.3 Å². The molecule has 7 heterocycles. The Balaban J connectivity index is 0.670. The van der Waals surface area contributed by atoms with Crippen molar-refractivity contribution < 1.29 is 33.8 Å². The summed E-state index contributed by atoms with van der Waals surface area (Å²) in [6, 6.07) is 22.2. The number of nitrogen functional groups attached to an aromatic ring is 1. The lowest BCUT2D eigenvalue weighted by Gasteiger charge is -2.43. The van der Waals surface area contributed by atoms with Crippen LogP contribution in [-0.4, -0.2) is 143 Å². The zero-order chi connectivity index (χ0) is 44.8. The van der Waals surface area contributed by atoms with E-state index in [1.807, 2.05) is 35.2 Å². The minimum Gasteiger partial charge on any atom is -0.507 e. The highest BCUT2D eigenvalue weighted by atomic mass is 16.5. The van der Waals surface area contributed by atoms with Crippen molar-refractivity contribution in [2.75, 3.05) is 85.9 Å². The molecule has 0 radical (unpaired) electrons. The van der Waals surface area contributed by atoms with Crippen molar-refractivity contribution in [2.45, 2.75) is 63.1 Å². The molecule has 0 saturated carbocycles. The molecule has 0 spiro atoms. The molecule has 1 aromatic heterocycles. The molecule has 338 valence electrons. The number of piperidine rings is 2. The number of phenols is 1. The fourth-order valence-corrected chi connectivity index (χ4v) is 10.7. The molecule has 0 aliphatic carbocycles. The summed E-state index contributed by atoms with van der Waals surface area (Å²) in [7, 11) is 0. The molecule has 4 N–H and O–H groups in total. The van der Waals surface area contributed by atoms with E-state index in [2.05, 4.69) is 53.3 Å². The van der Waals surface area contributed by atoms with Gasteiger partial charge in [0.2, 0.25) is 17.7 Å². The highest BCUT2D eigenvalue weighted by Crippen LogP contribution is 2.40. The number of phenolic OH excluding ortho intramolecular Hbond substituents is 1. The summed E-state index contributed by atoms with van der Waals surface area (Å²) in [6.45, 7) is 7.12. The number of amides is 5. The number of nitrogens with zero attached hydrogens (tertiary/aromatic N) is 8. The molecule has 3 aromatic carbocycles. The van der Waals surface area contributed by atoms with Crippen molar-refractivity contribution >= 4 is 52.4 Å². The number of hydrogen-bond acceptors (Lipinski definition) is 14. The van der Waals surface area contributed by atoms with Crippen LogP contribution in [-0.2, 0) is 14.4 Å². The fraction of sp³-hybridized carbons (Fsp3) is 0.438. The van der Waals surface area contributed by atoms with Gasteiger partial charge in [0, 0.05) is 101 Å². The van der Waals surface area contributed by atoms with Crippen molar-refractivity contribution in [1.82, 2.24) is 30.2 Å². The SMILES string of the molecule is Nc1nnc(-c2ccccc2O)cc1N1CC2CCC(C1)N2c1cccc(OCCN2CCN(C(=O)CC3CCN(c4cccc5c4C(=O)N(C4CCC(=O)NC4=O)C5=O)CC3)CC2)c1. The Bertz CT molecular complexity index is 2510. The number of nitrogens with one attached hydrogen (secondary N) is 1. The summed E-state index contributed by atoms with van der Waals surface area (Å²) in [4.78, 5) is 77.0. The zero-order valence-electron chi connectivity index (χ0n) is 36.3. The van der Waals surface area contributed by atoms with Crippen LogP contribution in [0.1, 0.15) is 65.7 Å². The van der Waals surface area contributed by atoms with Crippen LogP contribution in [0.15, 0.2) is 72.8 Å². The number of hydrogen-bond donors (Lipinski definition) is 3. The van der Waals surface area contributed by atoms with Crippen LogP contribution in [0.5, 0.6) is 11.5 Å². The molecule has 17 heteroatoms. The van der Waals surface area contributed by atoms with Gasteiger partial charge in [-0.15, -0.1) is 10.2 Å². The van der Waals surface area contributed by atoms with Crippen LogP contribution in [0, 0.1) is 5.92 Å². The second-order valence-electron chi connectivity index (χ2n) is 18.1. The molecule has 4 aromatic rings. The Morgan fingerprint density at radius 2 is 1.51 bits per heavy atom. The maximum absolute atomic E-state index is 13.6. The Kier molecular flexibility index (Phi) is 11.5. The second kappa shape index (κ2) is 17.7. The number of aromatic nitrogens is 2.